The number of carboxylic acid groups (broad SMARTS) is 1. The third-order valence-corrected chi connectivity index (χ3v) is 5.08. The van der Waals surface area contributed by atoms with Gasteiger partial charge in [-0.15, -0.1) is 0 Å². The van der Waals surface area contributed by atoms with Gasteiger partial charge in [-0.3, -0.25) is 9.59 Å². The van der Waals surface area contributed by atoms with Crippen molar-refractivity contribution in [2.24, 2.45) is 17.8 Å². The highest BCUT2D eigenvalue weighted by molar-refractivity contribution is 5.79. The minimum Gasteiger partial charge on any atom is -0.481 e. The number of aliphatic carboxylic acids is 1. The van der Waals surface area contributed by atoms with Gasteiger partial charge in [-0.05, 0) is 38.0 Å². The highest BCUT2D eigenvalue weighted by atomic mass is 16.4. The van der Waals surface area contributed by atoms with Crippen molar-refractivity contribution in [2.75, 3.05) is 0 Å². The summed E-state index contributed by atoms with van der Waals surface area (Å²) in [6.07, 6.45) is 9.16. The van der Waals surface area contributed by atoms with Gasteiger partial charge in [-0.2, -0.15) is 0 Å². The number of nitrogens with one attached hydrogen (secondary N) is 1. The number of carboxylic acids is 1. The molecule has 0 bridgehead atoms. The molecule has 2 aliphatic rings. The second kappa shape index (κ2) is 7.09. The maximum absolute atomic E-state index is 12.3. The van der Waals surface area contributed by atoms with Crippen LogP contribution < -0.4 is 5.32 Å². The highest BCUT2D eigenvalue weighted by Crippen LogP contribution is 2.32. The lowest BCUT2D eigenvalue weighted by Gasteiger charge is -2.21. The van der Waals surface area contributed by atoms with E-state index >= 15 is 0 Å². The molecule has 114 valence electrons. The Morgan fingerprint density at radius 3 is 2.45 bits per heavy atom. The molecule has 4 heteroatoms. The van der Waals surface area contributed by atoms with Crippen molar-refractivity contribution in [2.45, 2.75) is 70.8 Å². The van der Waals surface area contributed by atoms with E-state index in [1.807, 2.05) is 0 Å². The van der Waals surface area contributed by atoms with Gasteiger partial charge in [0.1, 0.15) is 0 Å². The van der Waals surface area contributed by atoms with Crippen LogP contribution in [0, 0.1) is 17.8 Å². The molecule has 2 saturated carbocycles. The Morgan fingerprint density at radius 1 is 1.20 bits per heavy atom. The Labute approximate surface area is 121 Å². The molecule has 3 atom stereocenters. The zero-order valence-corrected chi connectivity index (χ0v) is 12.4. The van der Waals surface area contributed by atoms with Crippen LogP contribution in [-0.4, -0.2) is 23.0 Å². The summed E-state index contributed by atoms with van der Waals surface area (Å²) in [5.74, 6) is -0.00609. The van der Waals surface area contributed by atoms with Crippen molar-refractivity contribution >= 4 is 11.9 Å². The Hall–Kier alpha value is -1.06. The Bertz CT molecular complexity index is 350. The van der Waals surface area contributed by atoms with Gasteiger partial charge in [0.25, 0.3) is 0 Å². The van der Waals surface area contributed by atoms with Gasteiger partial charge in [0.15, 0.2) is 0 Å². The largest absolute Gasteiger partial charge is 0.481 e. The van der Waals surface area contributed by atoms with Gasteiger partial charge in [0.05, 0.1) is 5.92 Å². The monoisotopic (exact) mass is 281 g/mol. The molecule has 0 aromatic carbocycles. The van der Waals surface area contributed by atoms with Crippen molar-refractivity contribution in [1.29, 1.82) is 0 Å². The molecule has 0 radical (unpaired) electrons. The van der Waals surface area contributed by atoms with Gasteiger partial charge < -0.3 is 10.4 Å². The minimum absolute atomic E-state index is 0.0706. The summed E-state index contributed by atoms with van der Waals surface area (Å²) in [6.45, 7) is 2.08. The maximum atomic E-state index is 12.3. The quantitative estimate of drug-likeness (QED) is 0.786. The number of carbonyl (C=O) groups is 2. The van der Waals surface area contributed by atoms with E-state index < -0.39 is 5.97 Å². The number of carbonyl (C=O) groups excluding carboxylic acids is 1. The van der Waals surface area contributed by atoms with Crippen LogP contribution in [0.1, 0.15) is 64.7 Å². The van der Waals surface area contributed by atoms with Gasteiger partial charge >= 0.3 is 5.97 Å². The van der Waals surface area contributed by atoms with E-state index in [-0.39, 0.29) is 23.8 Å². The zero-order valence-electron chi connectivity index (χ0n) is 12.4. The summed E-state index contributed by atoms with van der Waals surface area (Å²) >= 11 is 0. The summed E-state index contributed by atoms with van der Waals surface area (Å²) in [4.78, 5) is 23.3. The molecular formula is C16H27NO3. The lowest BCUT2D eigenvalue weighted by Crippen LogP contribution is -2.38. The van der Waals surface area contributed by atoms with Crippen LogP contribution in [-0.2, 0) is 9.59 Å². The lowest BCUT2D eigenvalue weighted by atomic mass is 9.90. The molecule has 2 aliphatic carbocycles. The van der Waals surface area contributed by atoms with Crippen LogP contribution in [0.5, 0.6) is 0 Å². The molecule has 0 aromatic rings. The molecule has 0 aliphatic heterocycles. The van der Waals surface area contributed by atoms with Crippen molar-refractivity contribution < 1.29 is 14.7 Å². The fraction of sp³-hybridized carbons (Fsp3) is 0.875. The van der Waals surface area contributed by atoms with E-state index in [0.29, 0.717) is 12.8 Å². The fourth-order valence-corrected chi connectivity index (χ4v) is 3.76. The fourth-order valence-electron chi connectivity index (χ4n) is 3.76. The van der Waals surface area contributed by atoms with Crippen LogP contribution in [0.2, 0.25) is 0 Å². The van der Waals surface area contributed by atoms with E-state index in [4.69, 9.17) is 5.11 Å². The molecule has 2 rings (SSSR count). The molecule has 0 spiro atoms. The summed E-state index contributed by atoms with van der Waals surface area (Å²) in [5.41, 5.74) is 0. The van der Waals surface area contributed by atoms with Crippen molar-refractivity contribution in [3.8, 4) is 0 Å². The molecule has 20 heavy (non-hydrogen) atoms. The zero-order chi connectivity index (χ0) is 14.5. The first-order valence-electron chi connectivity index (χ1n) is 8.13. The maximum Gasteiger partial charge on any atom is 0.306 e. The smallest absolute Gasteiger partial charge is 0.306 e. The van der Waals surface area contributed by atoms with Gasteiger partial charge in [0, 0.05) is 12.0 Å². The molecule has 0 aromatic heterocycles. The van der Waals surface area contributed by atoms with Crippen molar-refractivity contribution in [3.05, 3.63) is 0 Å². The third kappa shape index (κ3) is 3.97. The molecule has 0 heterocycles. The average Bonchev–Trinajstić information content (AvgIpc) is 3.06. The Kier molecular flexibility index (Phi) is 5.44. The molecule has 2 fully saturated rings. The summed E-state index contributed by atoms with van der Waals surface area (Å²) in [7, 11) is 0. The molecular weight excluding hydrogens is 254 g/mol. The molecule has 1 amide bonds. The summed E-state index contributed by atoms with van der Waals surface area (Å²) in [5, 5.41) is 12.1. The van der Waals surface area contributed by atoms with Gasteiger partial charge in [-0.1, -0.05) is 32.6 Å². The normalized spacial score (nSPS) is 28.4. The third-order valence-electron chi connectivity index (χ3n) is 5.08. The van der Waals surface area contributed by atoms with Crippen LogP contribution in [0.4, 0.5) is 0 Å². The number of hydrogen-bond acceptors (Lipinski definition) is 2. The second-order valence-electron chi connectivity index (χ2n) is 6.55. The lowest BCUT2D eigenvalue weighted by molar-refractivity contribution is -0.141. The Balaban J connectivity index is 1.78. The van der Waals surface area contributed by atoms with Crippen molar-refractivity contribution in [3.63, 3.8) is 0 Å². The molecule has 1 unspecified atom stereocenters. The molecule has 0 saturated heterocycles. The predicted octanol–water partition coefficient (Wildman–Crippen LogP) is 2.96. The summed E-state index contributed by atoms with van der Waals surface area (Å²) < 4.78 is 0. The highest BCUT2D eigenvalue weighted by Gasteiger charge is 2.32. The minimum atomic E-state index is -0.722. The Morgan fingerprint density at radius 2 is 1.90 bits per heavy atom. The van der Waals surface area contributed by atoms with Crippen LogP contribution >= 0.6 is 0 Å². The predicted molar refractivity (Wildman–Crippen MR) is 77.3 cm³/mol. The van der Waals surface area contributed by atoms with E-state index in [2.05, 4.69) is 12.2 Å². The van der Waals surface area contributed by atoms with Crippen LogP contribution in [0.15, 0.2) is 0 Å². The first-order valence-corrected chi connectivity index (χ1v) is 8.13. The van der Waals surface area contributed by atoms with Gasteiger partial charge in [0.2, 0.25) is 5.91 Å². The van der Waals surface area contributed by atoms with Crippen LogP contribution in [0.25, 0.3) is 0 Å². The first kappa shape index (κ1) is 15.3. The average molecular weight is 281 g/mol. The van der Waals surface area contributed by atoms with E-state index in [1.165, 1.54) is 25.7 Å². The SMILES string of the molecule is CCC(CC1CCCC1)C(=O)N[C@@H]1CC[C@H](C(=O)O)C1. The summed E-state index contributed by atoms with van der Waals surface area (Å²) in [6, 6.07) is 0.0706. The van der Waals surface area contributed by atoms with E-state index in [0.717, 1.165) is 25.2 Å². The van der Waals surface area contributed by atoms with E-state index in [9.17, 15) is 9.59 Å². The first-order chi connectivity index (χ1) is 9.60. The standard InChI is InChI=1S/C16H27NO3/c1-2-12(9-11-5-3-4-6-11)15(18)17-14-8-7-13(10-14)16(19)20/h11-14H,2-10H2,1H3,(H,17,18)(H,19,20)/t12?,13-,14+/m0/s1. The van der Waals surface area contributed by atoms with E-state index in [1.54, 1.807) is 0 Å². The number of hydrogen-bond donors (Lipinski definition) is 2. The number of amides is 1. The van der Waals surface area contributed by atoms with Crippen LogP contribution in [0.3, 0.4) is 0 Å². The number of rotatable bonds is 6. The van der Waals surface area contributed by atoms with Crippen molar-refractivity contribution in [1.82, 2.24) is 5.32 Å². The molecule has 2 N–H and O–H groups in total. The topological polar surface area (TPSA) is 66.4 Å². The molecule has 4 nitrogen and oxygen atoms in total. The van der Waals surface area contributed by atoms with Gasteiger partial charge in [-0.25, -0.2) is 0 Å². The second-order valence-corrected chi connectivity index (χ2v) is 6.55.